The van der Waals surface area contributed by atoms with Gasteiger partial charge >= 0.3 is 0 Å². The van der Waals surface area contributed by atoms with Gasteiger partial charge in [0.05, 0.1) is 0 Å². The lowest BCUT2D eigenvalue weighted by Crippen LogP contribution is -2.51. The number of carbonyl (C=O) groups is 1. The molecule has 23 heavy (non-hydrogen) atoms. The summed E-state index contributed by atoms with van der Waals surface area (Å²) in [4.78, 5) is 13.7. The van der Waals surface area contributed by atoms with Crippen molar-refractivity contribution in [1.29, 1.82) is 0 Å². The second-order valence-corrected chi connectivity index (χ2v) is 7.58. The van der Waals surface area contributed by atoms with E-state index in [9.17, 15) is 13.2 Å². The molecule has 1 aromatic carbocycles. The Labute approximate surface area is 139 Å². The van der Waals surface area contributed by atoms with Crippen LogP contribution in [0.5, 0.6) is 0 Å². The fourth-order valence-corrected chi connectivity index (χ4v) is 3.20. The van der Waals surface area contributed by atoms with E-state index in [1.165, 1.54) is 16.3 Å². The lowest BCUT2D eigenvalue weighted by Gasteiger charge is -2.25. The van der Waals surface area contributed by atoms with Crippen LogP contribution in [0.25, 0.3) is 0 Å². The van der Waals surface area contributed by atoms with Crippen LogP contribution in [0.2, 0.25) is 0 Å². The molecular formula is C16H27N3O3S. The molecule has 0 aromatic heterocycles. The molecule has 6 nitrogen and oxygen atoms in total. The Bertz CT molecular complexity index is 588. The average Bonchev–Trinajstić information content (AvgIpc) is 2.51. The molecule has 0 saturated heterocycles. The van der Waals surface area contributed by atoms with Crippen LogP contribution in [0.15, 0.2) is 30.3 Å². The Balaban J connectivity index is 2.90. The largest absolute Gasteiger partial charge is 0.347 e. The van der Waals surface area contributed by atoms with Crippen LogP contribution in [-0.2, 0) is 21.4 Å². The number of benzene rings is 1. The van der Waals surface area contributed by atoms with E-state index in [0.717, 1.165) is 18.4 Å². The molecule has 130 valence electrons. The second-order valence-electron chi connectivity index (χ2n) is 5.77. The molecule has 0 aliphatic carbocycles. The SMILES string of the molecule is CCCCN(C)S(=O)(=O)NC(Cc1ccccc1)C(=O)N(C)C. The standard InChI is InChI=1S/C16H27N3O3S/c1-5-6-12-19(4)23(21,22)17-15(16(20)18(2)3)13-14-10-8-7-9-11-14/h7-11,15,17H,5-6,12-13H2,1-4H3. The summed E-state index contributed by atoms with van der Waals surface area (Å²) in [6.45, 7) is 2.43. The lowest BCUT2D eigenvalue weighted by atomic mass is 10.1. The van der Waals surface area contributed by atoms with E-state index in [1.54, 1.807) is 14.1 Å². The Morgan fingerprint density at radius 2 is 1.78 bits per heavy atom. The predicted molar refractivity (Wildman–Crippen MR) is 92.2 cm³/mol. The number of hydrogen-bond acceptors (Lipinski definition) is 3. The van der Waals surface area contributed by atoms with Gasteiger partial charge in [-0.15, -0.1) is 0 Å². The minimum absolute atomic E-state index is 0.263. The summed E-state index contributed by atoms with van der Waals surface area (Å²) in [6, 6.07) is 8.56. The van der Waals surface area contributed by atoms with Crippen LogP contribution >= 0.6 is 0 Å². The van der Waals surface area contributed by atoms with E-state index >= 15 is 0 Å². The smallest absolute Gasteiger partial charge is 0.279 e. The van der Waals surface area contributed by atoms with Gasteiger partial charge in [0.1, 0.15) is 6.04 Å². The first-order chi connectivity index (χ1) is 10.8. The third-order valence-corrected chi connectivity index (χ3v) is 5.14. The summed E-state index contributed by atoms with van der Waals surface area (Å²) in [7, 11) is 1.07. The van der Waals surface area contributed by atoms with Gasteiger partial charge in [0.15, 0.2) is 0 Å². The van der Waals surface area contributed by atoms with Crippen molar-refractivity contribution in [1.82, 2.24) is 13.9 Å². The van der Waals surface area contributed by atoms with Gasteiger partial charge in [0.25, 0.3) is 10.2 Å². The van der Waals surface area contributed by atoms with Gasteiger partial charge in [-0.25, -0.2) is 0 Å². The van der Waals surface area contributed by atoms with Gasteiger partial charge in [-0.1, -0.05) is 43.7 Å². The maximum Gasteiger partial charge on any atom is 0.279 e. The normalized spacial score (nSPS) is 13.1. The summed E-state index contributed by atoms with van der Waals surface area (Å²) >= 11 is 0. The third-order valence-electron chi connectivity index (χ3n) is 3.55. The van der Waals surface area contributed by atoms with E-state index in [1.807, 2.05) is 37.3 Å². The van der Waals surface area contributed by atoms with Gasteiger partial charge in [-0.3, -0.25) is 4.79 Å². The summed E-state index contributed by atoms with van der Waals surface area (Å²) < 4.78 is 28.6. The number of rotatable bonds is 9. The Morgan fingerprint density at radius 3 is 2.30 bits per heavy atom. The van der Waals surface area contributed by atoms with Crippen molar-refractivity contribution in [2.45, 2.75) is 32.2 Å². The van der Waals surface area contributed by atoms with Crippen molar-refractivity contribution in [3.05, 3.63) is 35.9 Å². The van der Waals surface area contributed by atoms with Crippen molar-refractivity contribution < 1.29 is 13.2 Å². The molecular weight excluding hydrogens is 314 g/mol. The quantitative estimate of drug-likeness (QED) is 0.735. The maximum absolute atomic E-state index is 12.4. The fraction of sp³-hybridized carbons (Fsp3) is 0.562. The van der Waals surface area contributed by atoms with Crippen molar-refractivity contribution in [3.63, 3.8) is 0 Å². The molecule has 0 fully saturated rings. The second kappa shape index (κ2) is 9.00. The van der Waals surface area contributed by atoms with Crippen molar-refractivity contribution in [3.8, 4) is 0 Å². The van der Waals surface area contributed by atoms with E-state index < -0.39 is 16.3 Å². The number of nitrogens with one attached hydrogen (secondary N) is 1. The average molecular weight is 341 g/mol. The van der Waals surface area contributed by atoms with E-state index in [-0.39, 0.29) is 5.91 Å². The van der Waals surface area contributed by atoms with Gasteiger partial charge in [-0.05, 0) is 18.4 Å². The summed E-state index contributed by atoms with van der Waals surface area (Å²) in [5, 5.41) is 0. The van der Waals surface area contributed by atoms with E-state index in [2.05, 4.69) is 4.72 Å². The van der Waals surface area contributed by atoms with Gasteiger partial charge < -0.3 is 4.90 Å². The molecule has 0 aliphatic heterocycles. The number of hydrogen-bond donors (Lipinski definition) is 1. The van der Waals surface area contributed by atoms with Crippen molar-refractivity contribution in [2.75, 3.05) is 27.7 Å². The Hall–Kier alpha value is -1.44. The highest BCUT2D eigenvalue weighted by Gasteiger charge is 2.28. The molecule has 1 aromatic rings. The molecule has 0 aliphatic rings. The molecule has 1 N–H and O–H groups in total. The molecule has 0 bridgehead atoms. The van der Waals surface area contributed by atoms with Crippen LogP contribution in [0.4, 0.5) is 0 Å². The van der Waals surface area contributed by atoms with E-state index in [4.69, 9.17) is 0 Å². The topological polar surface area (TPSA) is 69.7 Å². The first-order valence-corrected chi connectivity index (χ1v) is 9.20. The van der Waals surface area contributed by atoms with E-state index in [0.29, 0.717) is 13.0 Å². The van der Waals surface area contributed by atoms with Gasteiger partial charge in [-0.2, -0.15) is 17.4 Å². The zero-order valence-electron chi connectivity index (χ0n) is 14.3. The van der Waals surface area contributed by atoms with Gasteiger partial charge in [0.2, 0.25) is 5.91 Å². The summed E-state index contributed by atoms with van der Waals surface area (Å²) in [5.74, 6) is -0.263. The van der Waals surface area contributed by atoms with Crippen LogP contribution in [-0.4, -0.2) is 57.3 Å². The summed E-state index contributed by atoms with van der Waals surface area (Å²) in [6.07, 6.45) is 2.00. The number of carbonyl (C=O) groups excluding carboxylic acids is 1. The maximum atomic E-state index is 12.4. The van der Waals surface area contributed by atoms with Crippen LogP contribution < -0.4 is 4.72 Å². The van der Waals surface area contributed by atoms with Crippen LogP contribution in [0, 0.1) is 0 Å². The zero-order chi connectivity index (χ0) is 17.5. The first kappa shape index (κ1) is 19.6. The third kappa shape index (κ3) is 6.29. The number of unbranched alkanes of at least 4 members (excludes halogenated alkanes) is 1. The molecule has 0 heterocycles. The van der Waals surface area contributed by atoms with Crippen molar-refractivity contribution >= 4 is 16.1 Å². The predicted octanol–water partition coefficient (Wildman–Crippen LogP) is 1.25. The number of likely N-dealkylation sites (N-methyl/N-ethyl adjacent to an activating group) is 1. The monoisotopic (exact) mass is 341 g/mol. The Morgan fingerprint density at radius 1 is 1.17 bits per heavy atom. The lowest BCUT2D eigenvalue weighted by molar-refractivity contribution is -0.130. The highest BCUT2D eigenvalue weighted by Crippen LogP contribution is 2.08. The first-order valence-electron chi connectivity index (χ1n) is 7.76. The molecule has 1 amide bonds. The number of nitrogens with zero attached hydrogens (tertiary/aromatic N) is 2. The summed E-state index contributed by atoms with van der Waals surface area (Å²) in [5.41, 5.74) is 0.909. The molecule has 1 rings (SSSR count). The molecule has 0 radical (unpaired) electrons. The highest BCUT2D eigenvalue weighted by molar-refractivity contribution is 7.87. The fourth-order valence-electron chi connectivity index (χ4n) is 2.11. The minimum atomic E-state index is -3.69. The van der Waals surface area contributed by atoms with Crippen LogP contribution in [0.1, 0.15) is 25.3 Å². The van der Waals surface area contributed by atoms with Crippen LogP contribution in [0.3, 0.4) is 0 Å². The van der Waals surface area contributed by atoms with Crippen molar-refractivity contribution in [2.24, 2.45) is 0 Å². The molecule has 0 saturated carbocycles. The minimum Gasteiger partial charge on any atom is -0.347 e. The highest BCUT2D eigenvalue weighted by atomic mass is 32.2. The molecule has 0 spiro atoms. The number of amides is 1. The molecule has 1 atom stereocenters. The molecule has 1 unspecified atom stereocenters. The zero-order valence-corrected chi connectivity index (χ0v) is 15.1. The molecule has 7 heteroatoms. The van der Waals surface area contributed by atoms with Gasteiger partial charge in [0, 0.05) is 27.7 Å². The Kier molecular flexibility index (Phi) is 7.67.